The molecule has 0 aromatic heterocycles. The van der Waals surface area contributed by atoms with Gasteiger partial charge in [0, 0.05) is 5.33 Å². The fourth-order valence-electron chi connectivity index (χ4n) is 0.658. The lowest BCUT2D eigenvalue weighted by Crippen LogP contribution is -2.17. The fourth-order valence-corrected chi connectivity index (χ4v) is 1.37. The van der Waals surface area contributed by atoms with Gasteiger partial charge in [0.2, 0.25) is 0 Å². The van der Waals surface area contributed by atoms with Crippen molar-refractivity contribution in [2.24, 2.45) is 0 Å². The molecule has 0 unspecified atom stereocenters. The zero-order valence-electron chi connectivity index (χ0n) is 6.53. The molecule has 0 aliphatic rings. The summed E-state index contributed by atoms with van der Waals surface area (Å²) in [4.78, 5) is 0. The smallest absolute Gasteiger partial charge is 0.00433 e. The van der Waals surface area contributed by atoms with Gasteiger partial charge < -0.3 is 5.32 Å². The minimum Gasteiger partial charge on any atom is -0.317 e. The third kappa shape index (κ3) is 8.79. The highest BCUT2D eigenvalue weighted by atomic mass is 79.9. The zero-order valence-corrected chi connectivity index (χ0v) is 8.93. The molecule has 0 fully saturated rings. The van der Waals surface area contributed by atoms with Gasteiger partial charge in [0.1, 0.15) is 0 Å². The molecule has 0 amide bonds. The molecule has 0 saturated carbocycles. The molecule has 0 aliphatic heterocycles. The first kappa shape index (κ1) is 10.8. The summed E-state index contributed by atoms with van der Waals surface area (Å²) in [5.41, 5.74) is 0. The van der Waals surface area contributed by atoms with E-state index < -0.39 is 0 Å². The van der Waals surface area contributed by atoms with Gasteiger partial charge in [0.15, 0.2) is 0 Å². The summed E-state index contributed by atoms with van der Waals surface area (Å²) in [5.74, 6) is 1.28. The van der Waals surface area contributed by atoms with E-state index >= 15 is 0 Å². The Morgan fingerprint density at radius 3 is 2.60 bits per heavy atom. The molecule has 3 heteroatoms. The minimum absolute atomic E-state index is 1.11. The van der Waals surface area contributed by atoms with Gasteiger partial charge in [-0.2, -0.15) is 11.8 Å². The summed E-state index contributed by atoms with van der Waals surface area (Å²) in [7, 11) is 0. The molecule has 0 heterocycles. The first-order valence-corrected chi connectivity index (χ1v) is 6.19. The molecule has 0 aromatic carbocycles. The summed E-state index contributed by atoms with van der Waals surface area (Å²) in [6, 6.07) is 0. The Labute approximate surface area is 76.5 Å². The van der Waals surface area contributed by atoms with Crippen LogP contribution in [0.25, 0.3) is 0 Å². The second-order valence-electron chi connectivity index (χ2n) is 2.14. The fraction of sp³-hybridized carbons (Fsp3) is 1.00. The number of thioether (sulfide) groups is 1. The lowest BCUT2D eigenvalue weighted by Gasteiger charge is -2.00. The Hall–Kier alpha value is 0.790. The molecule has 0 radical (unpaired) electrons. The van der Waals surface area contributed by atoms with Gasteiger partial charge in [-0.1, -0.05) is 15.9 Å². The molecule has 0 aromatic rings. The van der Waals surface area contributed by atoms with Gasteiger partial charge >= 0.3 is 0 Å². The Morgan fingerprint density at radius 1 is 1.30 bits per heavy atom. The lowest BCUT2D eigenvalue weighted by atomic mass is 10.4. The number of nitrogens with one attached hydrogen (secondary N) is 1. The number of halogens is 1. The number of rotatable bonds is 7. The molecule has 0 atom stereocenters. The largest absolute Gasteiger partial charge is 0.317 e. The monoisotopic (exact) mass is 225 g/mol. The molecule has 0 spiro atoms. The maximum Gasteiger partial charge on any atom is 0.00433 e. The van der Waals surface area contributed by atoms with E-state index in [9.17, 15) is 0 Å². The molecular weight excluding hydrogens is 210 g/mol. The predicted molar refractivity (Wildman–Crippen MR) is 54.3 cm³/mol. The van der Waals surface area contributed by atoms with Gasteiger partial charge in [0.05, 0.1) is 0 Å². The Balaban J connectivity index is 2.65. The molecule has 0 saturated heterocycles. The topological polar surface area (TPSA) is 12.0 Å². The summed E-state index contributed by atoms with van der Waals surface area (Å²) < 4.78 is 0. The molecule has 0 rings (SSSR count). The Bertz CT molecular complexity index is 53.6. The first-order chi connectivity index (χ1) is 4.91. The van der Waals surface area contributed by atoms with Crippen LogP contribution >= 0.6 is 27.7 Å². The third-order valence-electron chi connectivity index (χ3n) is 1.19. The van der Waals surface area contributed by atoms with Crippen molar-refractivity contribution in [1.29, 1.82) is 0 Å². The van der Waals surface area contributed by atoms with E-state index in [0.29, 0.717) is 0 Å². The van der Waals surface area contributed by atoms with Crippen LogP contribution in [0.3, 0.4) is 0 Å². The Morgan fingerprint density at radius 2 is 2.00 bits per heavy atom. The van der Waals surface area contributed by atoms with Crippen LogP contribution in [0.1, 0.15) is 12.8 Å². The van der Waals surface area contributed by atoms with E-state index in [4.69, 9.17) is 0 Å². The maximum atomic E-state index is 3.39. The van der Waals surface area contributed by atoms with Crippen molar-refractivity contribution in [3.05, 3.63) is 0 Å². The molecule has 1 N–H and O–H groups in total. The van der Waals surface area contributed by atoms with Crippen LogP contribution in [0.15, 0.2) is 0 Å². The standard InChI is InChI=1S/C7H16BrNS/c1-10-7-3-6-9-5-2-4-8/h9H,2-7H2,1H3. The second-order valence-corrected chi connectivity index (χ2v) is 3.92. The summed E-state index contributed by atoms with van der Waals surface area (Å²) in [6.07, 6.45) is 4.68. The highest BCUT2D eigenvalue weighted by Gasteiger charge is 1.86. The average Bonchev–Trinajstić information content (AvgIpc) is 1.97. The van der Waals surface area contributed by atoms with Crippen LogP contribution in [-0.4, -0.2) is 30.4 Å². The SMILES string of the molecule is CSCCCNCCCBr. The van der Waals surface area contributed by atoms with E-state index in [1.807, 2.05) is 11.8 Å². The van der Waals surface area contributed by atoms with Crippen LogP contribution < -0.4 is 5.32 Å². The first-order valence-electron chi connectivity index (χ1n) is 3.67. The second kappa shape index (κ2) is 9.79. The molecule has 10 heavy (non-hydrogen) atoms. The lowest BCUT2D eigenvalue weighted by molar-refractivity contribution is 0.669. The number of hydrogen-bond acceptors (Lipinski definition) is 2. The van der Waals surface area contributed by atoms with Crippen molar-refractivity contribution in [2.75, 3.05) is 30.4 Å². The van der Waals surface area contributed by atoms with Crippen molar-refractivity contribution in [1.82, 2.24) is 5.32 Å². The van der Waals surface area contributed by atoms with Crippen molar-refractivity contribution < 1.29 is 0 Å². The van der Waals surface area contributed by atoms with E-state index in [1.165, 1.54) is 25.1 Å². The van der Waals surface area contributed by atoms with Crippen LogP contribution in [0, 0.1) is 0 Å². The van der Waals surface area contributed by atoms with Crippen molar-refractivity contribution >= 4 is 27.7 Å². The van der Waals surface area contributed by atoms with Crippen molar-refractivity contribution in [2.45, 2.75) is 12.8 Å². The highest BCUT2D eigenvalue weighted by Crippen LogP contribution is 1.93. The summed E-state index contributed by atoms with van der Waals surface area (Å²) in [6.45, 7) is 2.33. The minimum atomic E-state index is 1.11. The third-order valence-corrected chi connectivity index (χ3v) is 2.45. The average molecular weight is 226 g/mol. The molecule has 0 bridgehead atoms. The van der Waals surface area contributed by atoms with Crippen LogP contribution in [0.2, 0.25) is 0 Å². The molecule has 62 valence electrons. The number of alkyl halides is 1. The van der Waals surface area contributed by atoms with Gasteiger partial charge in [-0.15, -0.1) is 0 Å². The molecule has 1 nitrogen and oxygen atoms in total. The van der Waals surface area contributed by atoms with Crippen molar-refractivity contribution in [3.8, 4) is 0 Å². The van der Waals surface area contributed by atoms with Gasteiger partial charge in [0.25, 0.3) is 0 Å². The van der Waals surface area contributed by atoms with Crippen LogP contribution in [-0.2, 0) is 0 Å². The summed E-state index contributed by atoms with van der Waals surface area (Å²) in [5, 5.41) is 4.49. The Kier molecular flexibility index (Phi) is 10.6. The molecular formula is C7H16BrNS. The van der Waals surface area contributed by atoms with Gasteiger partial charge in [-0.25, -0.2) is 0 Å². The van der Waals surface area contributed by atoms with Gasteiger partial charge in [-0.05, 0) is 37.9 Å². The predicted octanol–water partition coefficient (Wildman–Crippen LogP) is 2.11. The zero-order chi connectivity index (χ0) is 7.66. The van der Waals surface area contributed by atoms with E-state index in [1.54, 1.807) is 0 Å². The van der Waals surface area contributed by atoms with E-state index in [2.05, 4.69) is 27.5 Å². The highest BCUT2D eigenvalue weighted by molar-refractivity contribution is 9.09. The van der Waals surface area contributed by atoms with E-state index in [0.717, 1.165) is 11.9 Å². The maximum absolute atomic E-state index is 3.39. The number of hydrogen-bond donors (Lipinski definition) is 1. The van der Waals surface area contributed by atoms with Crippen LogP contribution in [0.5, 0.6) is 0 Å². The summed E-state index contributed by atoms with van der Waals surface area (Å²) >= 11 is 5.30. The quantitative estimate of drug-likeness (QED) is 0.527. The molecule has 0 aliphatic carbocycles. The van der Waals surface area contributed by atoms with Gasteiger partial charge in [-0.3, -0.25) is 0 Å². The van der Waals surface area contributed by atoms with Crippen molar-refractivity contribution in [3.63, 3.8) is 0 Å². The normalized spacial score (nSPS) is 10.2. The van der Waals surface area contributed by atoms with E-state index in [-0.39, 0.29) is 0 Å². The van der Waals surface area contributed by atoms with Crippen LogP contribution in [0.4, 0.5) is 0 Å².